The molecule has 2 N–H and O–H groups in total. The lowest BCUT2D eigenvalue weighted by Crippen LogP contribution is -2.38. The van der Waals surface area contributed by atoms with Crippen LogP contribution in [-0.2, 0) is 10.2 Å². The molecule has 0 saturated carbocycles. The summed E-state index contributed by atoms with van der Waals surface area (Å²) in [6.07, 6.45) is 2.72. The van der Waals surface area contributed by atoms with Gasteiger partial charge in [-0.25, -0.2) is 0 Å². The smallest absolute Gasteiger partial charge is 0.119 e. The molecular formula is C19H31NO3. The first kappa shape index (κ1) is 18.2. The monoisotopic (exact) mass is 321 g/mol. The van der Waals surface area contributed by atoms with Crippen LogP contribution in [0.15, 0.2) is 24.3 Å². The molecule has 1 fully saturated rings. The van der Waals surface area contributed by atoms with E-state index in [4.69, 9.17) is 9.47 Å². The molecule has 2 atom stereocenters. The molecule has 0 bridgehead atoms. The summed E-state index contributed by atoms with van der Waals surface area (Å²) < 4.78 is 11.1. The summed E-state index contributed by atoms with van der Waals surface area (Å²) in [6, 6.07) is 8.57. The minimum absolute atomic E-state index is 0.143. The van der Waals surface area contributed by atoms with E-state index in [-0.39, 0.29) is 5.41 Å². The molecule has 4 nitrogen and oxygen atoms in total. The Morgan fingerprint density at radius 3 is 2.65 bits per heavy atom. The molecule has 0 radical (unpaired) electrons. The second kappa shape index (κ2) is 8.67. The molecule has 2 rings (SSSR count). The zero-order valence-corrected chi connectivity index (χ0v) is 14.7. The number of aliphatic hydroxyl groups is 1. The first-order valence-electron chi connectivity index (χ1n) is 8.67. The lowest BCUT2D eigenvalue weighted by Gasteiger charge is -2.20. The molecule has 4 heteroatoms. The standard InChI is InChI=1S/C19H31NO3/c1-19(2,3)15-6-8-18(9-7-15)23-14-17(21)13-20-16-5-4-11-22-12-10-16/h6-9,16-17,20-21H,4-5,10-14H2,1-3H3. The summed E-state index contributed by atoms with van der Waals surface area (Å²) in [7, 11) is 0. The Labute approximate surface area is 140 Å². The number of hydrogen-bond acceptors (Lipinski definition) is 4. The molecule has 0 aromatic heterocycles. The Balaban J connectivity index is 1.70. The van der Waals surface area contributed by atoms with Gasteiger partial charge in [-0.2, -0.15) is 0 Å². The number of nitrogens with one attached hydrogen (secondary N) is 1. The highest BCUT2D eigenvalue weighted by Crippen LogP contribution is 2.24. The minimum Gasteiger partial charge on any atom is -0.491 e. The second-order valence-electron chi connectivity index (χ2n) is 7.39. The van der Waals surface area contributed by atoms with Crippen molar-refractivity contribution in [2.24, 2.45) is 0 Å². The lowest BCUT2D eigenvalue weighted by molar-refractivity contribution is 0.102. The number of aliphatic hydroxyl groups excluding tert-OH is 1. The van der Waals surface area contributed by atoms with Gasteiger partial charge in [0.05, 0.1) is 0 Å². The van der Waals surface area contributed by atoms with E-state index in [1.165, 1.54) is 5.56 Å². The van der Waals surface area contributed by atoms with Crippen molar-refractivity contribution >= 4 is 0 Å². The van der Waals surface area contributed by atoms with E-state index >= 15 is 0 Å². The van der Waals surface area contributed by atoms with Crippen LogP contribution in [0, 0.1) is 0 Å². The van der Waals surface area contributed by atoms with Crippen molar-refractivity contribution in [2.75, 3.05) is 26.4 Å². The topological polar surface area (TPSA) is 50.7 Å². The van der Waals surface area contributed by atoms with Gasteiger partial charge in [0.2, 0.25) is 0 Å². The quantitative estimate of drug-likeness (QED) is 0.846. The van der Waals surface area contributed by atoms with Crippen LogP contribution in [0.25, 0.3) is 0 Å². The number of hydrogen-bond donors (Lipinski definition) is 2. The van der Waals surface area contributed by atoms with E-state index in [9.17, 15) is 5.11 Å². The Morgan fingerprint density at radius 2 is 1.96 bits per heavy atom. The molecule has 0 spiro atoms. The van der Waals surface area contributed by atoms with Crippen LogP contribution in [0.2, 0.25) is 0 Å². The molecule has 0 amide bonds. The van der Waals surface area contributed by atoms with Crippen LogP contribution >= 0.6 is 0 Å². The van der Waals surface area contributed by atoms with Crippen LogP contribution in [0.5, 0.6) is 5.75 Å². The van der Waals surface area contributed by atoms with Crippen LogP contribution in [-0.4, -0.2) is 43.6 Å². The van der Waals surface area contributed by atoms with E-state index in [1.807, 2.05) is 12.1 Å². The van der Waals surface area contributed by atoms with Crippen molar-refractivity contribution in [3.8, 4) is 5.75 Å². The molecule has 23 heavy (non-hydrogen) atoms. The number of benzene rings is 1. The fourth-order valence-corrected chi connectivity index (χ4v) is 2.71. The molecule has 1 heterocycles. The van der Waals surface area contributed by atoms with Crippen LogP contribution < -0.4 is 10.1 Å². The van der Waals surface area contributed by atoms with Gasteiger partial charge < -0.3 is 19.9 Å². The van der Waals surface area contributed by atoms with Gasteiger partial charge in [0, 0.05) is 25.8 Å². The summed E-state index contributed by atoms with van der Waals surface area (Å²) in [5.41, 5.74) is 1.42. The third-order valence-electron chi connectivity index (χ3n) is 4.26. The molecule has 1 aliphatic rings. The Morgan fingerprint density at radius 1 is 1.22 bits per heavy atom. The lowest BCUT2D eigenvalue weighted by atomic mass is 9.87. The van der Waals surface area contributed by atoms with E-state index in [0.717, 1.165) is 38.2 Å². The highest BCUT2D eigenvalue weighted by molar-refractivity contribution is 5.31. The van der Waals surface area contributed by atoms with Crippen molar-refractivity contribution in [3.63, 3.8) is 0 Å². The molecule has 1 saturated heterocycles. The fourth-order valence-electron chi connectivity index (χ4n) is 2.71. The third kappa shape index (κ3) is 6.50. The largest absolute Gasteiger partial charge is 0.491 e. The van der Waals surface area contributed by atoms with Crippen molar-refractivity contribution in [2.45, 2.75) is 57.6 Å². The maximum atomic E-state index is 10.1. The molecular weight excluding hydrogens is 290 g/mol. The Hall–Kier alpha value is -1.10. The van der Waals surface area contributed by atoms with E-state index in [2.05, 4.69) is 38.2 Å². The van der Waals surface area contributed by atoms with E-state index < -0.39 is 6.10 Å². The maximum Gasteiger partial charge on any atom is 0.119 e. The molecule has 1 aliphatic heterocycles. The average Bonchev–Trinajstić information content (AvgIpc) is 2.79. The zero-order chi connectivity index (χ0) is 16.7. The summed E-state index contributed by atoms with van der Waals surface area (Å²) in [4.78, 5) is 0. The zero-order valence-electron chi connectivity index (χ0n) is 14.7. The third-order valence-corrected chi connectivity index (χ3v) is 4.26. The van der Waals surface area contributed by atoms with Crippen molar-refractivity contribution < 1.29 is 14.6 Å². The highest BCUT2D eigenvalue weighted by atomic mass is 16.5. The number of ether oxygens (including phenoxy) is 2. The molecule has 130 valence electrons. The van der Waals surface area contributed by atoms with Gasteiger partial charge in [-0.1, -0.05) is 32.9 Å². The van der Waals surface area contributed by atoms with Gasteiger partial charge in [-0.15, -0.1) is 0 Å². The first-order valence-corrected chi connectivity index (χ1v) is 8.67. The van der Waals surface area contributed by atoms with Crippen molar-refractivity contribution in [3.05, 3.63) is 29.8 Å². The van der Waals surface area contributed by atoms with Gasteiger partial charge >= 0.3 is 0 Å². The van der Waals surface area contributed by atoms with Gasteiger partial charge in [-0.3, -0.25) is 0 Å². The molecule has 0 aliphatic carbocycles. The predicted molar refractivity (Wildman–Crippen MR) is 93.1 cm³/mol. The minimum atomic E-state index is -0.499. The number of rotatable bonds is 6. The van der Waals surface area contributed by atoms with Gasteiger partial charge in [-0.05, 0) is 42.4 Å². The van der Waals surface area contributed by atoms with Gasteiger partial charge in [0.1, 0.15) is 18.5 Å². The summed E-state index contributed by atoms with van der Waals surface area (Å²) in [5.74, 6) is 0.805. The molecule has 2 unspecified atom stereocenters. The molecule has 1 aromatic carbocycles. The van der Waals surface area contributed by atoms with Crippen LogP contribution in [0.4, 0.5) is 0 Å². The van der Waals surface area contributed by atoms with E-state index in [0.29, 0.717) is 19.2 Å². The Bertz CT molecular complexity index is 445. The Kier molecular flexibility index (Phi) is 6.88. The SMILES string of the molecule is CC(C)(C)c1ccc(OCC(O)CNC2CCCOCC2)cc1. The first-order chi connectivity index (χ1) is 10.9. The summed E-state index contributed by atoms with van der Waals surface area (Å²) in [6.45, 7) is 9.11. The van der Waals surface area contributed by atoms with Gasteiger partial charge in [0.15, 0.2) is 0 Å². The van der Waals surface area contributed by atoms with Crippen molar-refractivity contribution in [1.82, 2.24) is 5.32 Å². The normalized spacial score (nSPS) is 20.8. The van der Waals surface area contributed by atoms with Crippen molar-refractivity contribution in [1.29, 1.82) is 0 Å². The average molecular weight is 321 g/mol. The maximum absolute atomic E-state index is 10.1. The van der Waals surface area contributed by atoms with Crippen LogP contribution in [0.1, 0.15) is 45.6 Å². The summed E-state index contributed by atoms with van der Waals surface area (Å²) in [5, 5.41) is 13.5. The van der Waals surface area contributed by atoms with Gasteiger partial charge in [0.25, 0.3) is 0 Å². The van der Waals surface area contributed by atoms with Crippen LogP contribution in [0.3, 0.4) is 0 Å². The fraction of sp³-hybridized carbons (Fsp3) is 0.684. The summed E-state index contributed by atoms with van der Waals surface area (Å²) >= 11 is 0. The second-order valence-corrected chi connectivity index (χ2v) is 7.39. The van der Waals surface area contributed by atoms with E-state index in [1.54, 1.807) is 0 Å². The predicted octanol–water partition coefficient (Wildman–Crippen LogP) is 2.88. The molecule has 1 aromatic rings. The highest BCUT2D eigenvalue weighted by Gasteiger charge is 2.15.